The number of nitrogens with zero attached hydrogens (tertiary/aromatic N) is 3. The largest absolute Gasteiger partial charge is 0.433 e. The van der Waals surface area contributed by atoms with Crippen LogP contribution in [0.15, 0.2) is 54.8 Å². The van der Waals surface area contributed by atoms with Crippen LogP contribution in [-0.2, 0) is 13.2 Å². The first-order valence-electron chi connectivity index (χ1n) is 12.8. The summed E-state index contributed by atoms with van der Waals surface area (Å²) in [4.78, 5) is 2.57. The van der Waals surface area contributed by atoms with Gasteiger partial charge in [0.2, 0.25) is 0 Å². The Kier molecular flexibility index (Phi) is 20.1. The van der Waals surface area contributed by atoms with Gasteiger partial charge in [0.15, 0.2) is 0 Å². The van der Waals surface area contributed by atoms with Crippen LogP contribution in [0.1, 0.15) is 84.4 Å². The normalized spacial score (nSPS) is 12.3. The average Bonchev–Trinajstić information content (AvgIpc) is 3.29. The first kappa shape index (κ1) is 37.5. The Balaban J connectivity index is 0. The van der Waals surface area contributed by atoms with E-state index in [1.807, 2.05) is 76.1 Å². The van der Waals surface area contributed by atoms with Gasteiger partial charge in [-0.15, -0.1) is 24.1 Å². The van der Waals surface area contributed by atoms with Crippen molar-refractivity contribution < 1.29 is 18.3 Å². The van der Waals surface area contributed by atoms with Crippen molar-refractivity contribution in [3.8, 4) is 12.3 Å². The molecule has 0 amide bonds. The zero-order chi connectivity index (χ0) is 29.9. The molecule has 8 heteroatoms. The maximum absolute atomic E-state index is 13.1. The number of aryl methyl sites for hydroxylation is 1. The molecule has 0 aliphatic heterocycles. The monoisotopic (exact) mass is 553 g/mol. The molecule has 2 aromatic rings. The highest BCUT2D eigenvalue weighted by Crippen LogP contribution is 2.35. The Hall–Kier alpha value is -2.63. The minimum atomic E-state index is -4.45. The number of thioether (sulfide) groups is 1. The molecule has 1 aromatic carbocycles. The van der Waals surface area contributed by atoms with E-state index in [1.54, 1.807) is 6.92 Å². The molecule has 4 nitrogen and oxygen atoms in total. The lowest BCUT2D eigenvalue weighted by molar-refractivity contribution is -0.143. The van der Waals surface area contributed by atoms with Gasteiger partial charge in [0.25, 0.3) is 0 Å². The summed E-state index contributed by atoms with van der Waals surface area (Å²) >= 11 is 1.39. The Bertz CT molecular complexity index is 979. The number of rotatable bonds is 9. The van der Waals surface area contributed by atoms with E-state index in [9.17, 15) is 18.3 Å². The van der Waals surface area contributed by atoms with Crippen molar-refractivity contribution >= 4 is 16.7 Å². The number of allylic oxidation sites excluding steroid dienone is 1. The van der Waals surface area contributed by atoms with Crippen LogP contribution in [-0.4, -0.2) is 38.6 Å². The maximum Gasteiger partial charge on any atom is 0.433 e. The van der Waals surface area contributed by atoms with Crippen molar-refractivity contribution in [1.29, 1.82) is 0 Å². The van der Waals surface area contributed by atoms with Crippen LogP contribution in [0.4, 0.5) is 13.2 Å². The van der Waals surface area contributed by atoms with Gasteiger partial charge in [-0.3, -0.25) is 4.68 Å². The number of aromatic nitrogens is 2. The molecular weight excluding hydrogens is 507 g/mol. The second-order valence-corrected chi connectivity index (χ2v) is 9.09. The minimum Gasteiger partial charge on any atom is -0.386 e. The van der Waals surface area contributed by atoms with E-state index in [0.29, 0.717) is 22.8 Å². The Morgan fingerprint density at radius 1 is 1.24 bits per heavy atom. The standard InChI is InChI=1S/C22H28F3N3OS.C3H8.C3H4.C2H6/c1-6-10-19(18-13-20(22(23,24)25)28(5)26-18)30-14-15(2)27(4)16(3)21(29)17-11-8-7-9-12-17;2*1-3-2;1-2/h7-13,16,21,29H,2,6,14H2,1,3-5H3;3H2,1-2H3;1H,2H3;1-2H3/b19-10-;;;. The number of hydrogen-bond donors (Lipinski definition) is 1. The Morgan fingerprint density at radius 2 is 1.74 bits per heavy atom. The summed E-state index contributed by atoms with van der Waals surface area (Å²) in [6.07, 6.45) is 3.25. The topological polar surface area (TPSA) is 41.3 Å². The molecule has 0 bridgehead atoms. The third kappa shape index (κ3) is 13.3. The van der Waals surface area contributed by atoms with Crippen LogP contribution in [0.3, 0.4) is 0 Å². The molecule has 0 saturated heterocycles. The maximum atomic E-state index is 13.1. The van der Waals surface area contributed by atoms with Crippen molar-refractivity contribution in [2.45, 2.75) is 79.6 Å². The zero-order valence-corrected chi connectivity index (χ0v) is 25.2. The van der Waals surface area contributed by atoms with E-state index in [2.05, 4.69) is 37.9 Å². The van der Waals surface area contributed by atoms with Gasteiger partial charge in [-0.05, 0) is 31.9 Å². The van der Waals surface area contributed by atoms with Gasteiger partial charge >= 0.3 is 6.18 Å². The van der Waals surface area contributed by atoms with Crippen molar-refractivity contribution in [2.75, 3.05) is 12.8 Å². The highest BCUT2D eigenvalue weighted by molar-refractivity contribution is 8.08. The van der Waals surface area contributed by atoms with Gasteiger partial charge < -0.3 is 10.0 Å². The number of benzene rings is 1. The molecule has 0 aliphatic rings. The lowest BCUT2D eigenvalue weighted by Crippen LogP contribution is -2.34. The Morgan fingerprint density at radius 3 is 2.16 bits per heavy atom. The van der Waals surface area contributed by atoms with E-state index in [-0.39, 0.29) is 6.04 Å². The van der Waals surface area contributed by atoms with Crippen LogP contribution in [0.25, 0.3) is 4.91 Å². The summed E-state index contributed by atoms with van der Waals surface area (Å²) < 4.78 is 40.2. The summed E-state index contributed by atoms with van der Waals surface area (Å²) in [6.45, 7) is 17.8. The fourth-order valence-electron chi connectivity index (χ4n) is 2.97. The highest BCUT2D eigenvalue weighted by Gasteiger charge is 2.35. The smallest absolute Gasteiger partial charge is 0.386 e. The fourth-order valence-corrected chi connectivity index (χ4v) is 4.03. The number of aliphatic hydroxyl groups is 1. The SMILES string of the molecule is C#CC.C=C(CS/C(=C\CC)c1cc(C(F)(F)F)n(C)n1)N(C)C(C)C(O)c1ccccc1.CC.CCC. The summed E-state index contributed by atoms with van der Waals surface area (Å²) in [5.41, 5.74) is 1.09. The Labute approximate surface area is 233 Å². The van der Waals surface area contributed by atoms with Gasteiger partial charge in [-0.1, -0.05) is 84.0 Å². The molecule has 1 heterocycles. The number of halogens is 3. The lowest BCUT2D eigenvalue weighted by Gasteiger charge is -2.32. The van der Waals surface area contributed by atoms with E-state index in [0.717, 1.165) is 22.0 Å². The van der Waals surface area contributed by atoms with Crippen LogP contribution in [0.5, 0.6) is 0 Å². The van der Waals surface area contributed by atoms with Gasteiger partial charge in [-0.25, -0.2) is 0 Å². The molecular formula is C30H46F3N3OS. The lowest BCUT2D eigenvalue weighted by atomic mass is 10.0. The predicted octanol–water partition coefficient (Wildman–Crippen LogP) is 8.57. The second-order valence-electron chi connectivity index (χ2n) is 8.07. The number of likely N-dealkylation sites (N-methyl/N-ethyl adjacent to an activating group) is 1. The molecule has 2 atom stereocenters. The van der Waals surface area contributed by atoms with Crippen molar-refractivity contribution in [1.82, 2.24) is 14.7 Å². The number of alkyl halides is 3. The molecule has 0 fully saturated rings. The molecule has 2 unspecified atom stereocenters. The van der Waals surface area contributed by atoms with Gasteiger partial charge in [0.05, 0.1) is 17.8 Å². The molecule has 0 saturated carbocycles. The number of aliphatic hydroxyl groups excluding tert-OH is 1. The highest BCUT2D eigenvalue weighted by atomic mass is 32.2. The predicted molar refractivity (Wildman–Crippen MR) is 159 cm³/mol. The van der Waals surface area contributed by atoms with Crippen molar-refractivity contribution in [3.63, 3.8) is 0 Å². The van der Waals surface area contributed by atoms with Crippen LogP contribution >= 0.6 is 11.8 Å². The number of hydrogen-bond acceptors (Lipinski definition) is 4. The first-order valence-corrected chi connectivity index (χ1v) is 13.8. The minimum absolute atomic E-state index is 0.217. The first-order chi connectivity index (χ1) is 17.9. The van der Waals surface area contributed by atoms with Crippen LogP contribution < -0.4 is 0 Å². The molecule has 214 valence electrons. The molecule has 2 rings (SSSR count). The van der Waals surface area contributed by atoms with Gasteiger partial charge in [0.1, 0.15) is 5.69 Å². The van der Waals surface area contributed by atoms with E-state index in [1.165, 1.54) is 25.2 Å². The van der Waals surface area contributed by atoms with Crippen LogP contribution in [0.2, 0.25) is 0 Å². The van der Waals surface area contributed by atoms with E-state index in [4.69, 9.17) is 0 Å². The molecule has 0 radical (unpaired) electrons. The second kappa shape index (κ2) is 20.3. The molecule has 1 N–H and O–H groups in total. The van der Waals surface area contributed by atoms with Crippen molar-refractivity contribution in [2.24, 2.45) is 7.05 Å². The summed E-state index contributed by atoms with van der Waals surface area (Å²) in [6, 6.07) is 10.2. The third-order valence-corrected chi connectivity index (χ3v) is 6.08. The third-order valence-electron chi connectivity index (χ3n) is 4.91. The van der Waals surface area contributed by atoms with E-state index >= 15 is 0 Å². The zero-order valence-electron chi connectivity index (χ0n) is 24.4. The van der Waals surface area contributed by atoms with Crippen molar-refractivity contribution in [3.05, 3.63) is 71.7 Å². The number of terminal acetylenes is 1. The molecule has 38 heavy (non-hydrogen) atoms. The quantitative estimate of drug-likeness (QED) is 0.316. The van der Waals surface area contributed by atoms with Crippen LogP contribution in [0, 0.1) is 12.3 Å². The summed E-state index contributed by atoms with van der Waals surface area (Å²) in [5.74, 6) is 2.71. The summed E-state index contributed by atoms with van der Waals surface area (Å²) in [7, 11) is 3.14. The van der Waals surface area contributed by atoms with Gasteiger partial charge in [-0.2, -0.15) is 18.3 Å². The summed E-state index contributed by atoms with van der Waals surface area (Å²) in [5, 5.41) is 14.7. The average molecular weight is 554 g/mol. The fraction of sp³-hybridized carbons (Fsp3) is 0.500. The van der Waals surface area contributed by atoms with Gasteiger partial charge in [0, 0.05) is 30.5 Å². The molecule has 1 aromatic heterocycles. The molecule has 0 aliphatic carbocycles. The van der Waals surface area contributed by atoms with E-state index < -0.39 is 18.0 Å². The molecule has 0 spiro atoms.